The second kappa shape index (κ2) is 3.44. The van der Waals surface area contributed by atoms with Gasteiger partial charge in [-0.05, 0) is 12.1 Å². The zero-order valence-corrected chi connectivity index (χ0v) is 9.03. The fourth-order valence-corrected chi connectivity index (χ4v) is 1.89. The number of pyridine rings is 1. The van der Waals surface area contributed by atoms with Gasteiger partial charge in [-0.1, -0.05) is 27.5 Å². The summed E-state index contributed by atoms with van der Waals surface area (Å²) in [5.41, 5.74) is 0. The summed E-state index contributed by atoms with van der Waals surface area (Å²) in [5, 5.41) is 0.0955. The molecule has 72 valence electrons. The SMILES string of the molecule is Fc1cnc(Cl)c2c(F)cc(Br)cc12. The molecule has 0 spiro atoms. The number of benzene rings is 1. The van der Waals surface area contributed by atoms with Gasteiger partial charge in [0.1, 0.15) is 16.8 Å². The van der Waals surface area contributed by atoms with Gasteiger partial charge in [0, 0.05) is 9.86 Å². The van der Waals surface area contributed by atoms with Crippen molar-refractivity contribution < 1.29 is 8.78 Å². The molecule has 0 bridgehead atoms. The first-order valence-electron chi connectivity index (χ1n) is 3.68. The first kappa shape index (κ1) is 9.80. The Kier molecular flexibility index (Phi) is 2.41. The van der Waals surface area contributed by atoms with Gasteiger partial charge in [-0.3, -0.25) is 0 Å². The van der Waals surface area contributed by atoms with Crippen LogP contribution in [0.3, 0.4) is 0 Å². The van der Waals surface area contributed by atoms with E-state index in [-0.39, 0.29) is 15.9 Å². The summed E-state index contributed by atoms with van der Waals surface area (Å²) in [5.74, 6) is -1.18. The Balaban J connectivity index is 3.00. The second-order valence-electron chi connectivity index (χ2n) is 2.71. The molecule has 14 heavy (non-hydrogen) atoms. The van der Waals surface area contributed by atoms with E-state index in [0.717, 1.165) is 6.20 Å². The van der Waals surface area contributed by atoms with Crippen LogP contribution in [0.1, 0.15) is 0 Å². The lowest BCUT2D eigenvalue weighted by Gasteiger charge is -2.03. The van der Waals surface area contributed by atoms with Crippen LogP contribution in [-0.2, 0) is 0 Å². The van der Waals surface area contributed by atoms with Gasteiger partial charge in [-0.2, -0.15) is 0 Å². The standard InChI is InChI=1S/C9H3BrClF2N/c10-4-1-5-7(13)3-14-9(11)8(5)6(12)2-4/h1-3H. The topological polar surface area (TPSA) is 12.9 Å². The predicted molar refractivity (Wildman–Crippen MR) is 54.4 cm³/mol. The molecule has 0 radical (unpaired) electrons. The van der Waals surface area contributed by atoms with Crippen molar-refractivity contribution in [3.63, 3.8) is 0 Å². The number of halogens is 4. The normalized spacial score (nSPS) is 10.9. The van der Waals surface area contributed by atoms with E-state index in [2.05, 4.69) is 20.9 Å². The highest BCUT2D eigenvalue weighted by molar-refractivity contribution is 9.10. The Morgan fingerprint density at radius 1 is 1.21 bits per heavy atom. The van der Waals surface area contributed by atoms with Crippen LogP contribution >= 0.6 is 27.5 Å². The van der Waals surface area contributed by atoms with E-state index >= 15 is 0 Å². The van der Waals surface area contributed by atoms with Crippen molar-refractivity contribution in [3.05, 3.63) is 39.6 Å². The van der Waals surface area contributed by atoms with Crippen LogP contribution in [0.4, 0.5) is 8.78 Å². The molecule has 0 fully saturated rings. The first-order valence-corrected chi connectivity index (χ1v) is 4.85. The molecule has 5 heteroatoms. The summed E-state index contributed by atoms with van der Waals surface area (Å²) in [7, 11) is 0. The van der Waals surface area contributed by atoms with Gasteiger partial charge in [0.05, 0.1) is 11.6 Å². The Morgan fingerprint density at radius 3 is 2.64 bits per heavy atom. The molecule has 0 amide bonds. The minimum Gasteiger partial charge on any atom is -0.241 e. The van der Waals surface area contributed by atoms with Gasteiger partial charge in [0.25, 0.3) is 0 Å². The Labute approximate surface area is 91.8 Å². The molecular formula is C9H3BrClF2N. The number of hydrogen-bond acceptors (Lipinski definition) is 1. The lowest BCUT2D eigenvalue weighted by molar-refractivity contribution is 0.623. The summed E-state index contributed by atoms with van der Waals surface area (Å²) in [6.45, 7) is 0. The van der Waals surface area contributed by atoms with Crippen molar-refractivity contribution in [2.24, 2.45) is 0 Å². The predicted octanol–water partition coefficient (Wildman–Crippen LogP) is 3.93. The van der Waals surface area contributed by atoms with Crippen molar-refractivity contribution in [2.45, 2.75) is 0 Å². The van der Waals surface area contributed by atoms with Crippen LogP contribution in [0.5, 0.6) is 0 Å². The number of fused-ring (bicyclic) bond motifs is 1. The van der Waals surface area contributed by atoms with Crippen molar-refractivity contribution in [1.29, 1.82) is 0 Å². The number of hydrogen-bond donors (Lipinski definition) is 0. The van der Waals surface area contributed by atoms with E-state index in [0.29, 0.717) is 4.47 Å². The molecule has 0 aliphatic rings. The van der Waals surface area contributed by atoms with E-state index in [9.17, 15) is 8.78 Å². The van der Waals surface area contributed by atoms with Crippen LogP contribution in [-0.4, -0.2) is 4.98 Å². The van der Waals surface area contributed by atoms with E-state index in [1.165, 1.54) is 12.1 Å². The highest BCUT2D eigenvalue weighted by Crippen LogP contribution is 2.29. The second-order valence-corrected chi connectivity index (χ2v) is 3.98. The molecule has 0 atom stereocenters. The van der Waals surface area contributed by atoms with Gasteiger partial charge < -0.3 is 0 Å². The lowest BCUT2D eigenvalue weighted by atomic mass is 10.1. The maximum Gasteiger partial charge on any atom is 0.149 e. The Bertz CT molecular complexity index is 516. The Hall–Kier alpha value is -0.740. The minimum absolute atomic E-state index is 0.00914. The fraction of sp³-hybridized carbons (Fsp3) is 0. The molecule has 2 rings (SSSR count). The number of aromatic nitrogens is 1. The van der Waals surface area contributed by atoms with Crippen LogP contribution in [0, 0.1) is 11.6 Å². The third kappa shape index (κ3) is 1.48. The molecule has 0 saturated carbocycles. The van der Waals surface area contributed by atoms with Gasteiger partial charge in [-0.15, -0.1) is 0 Å². The van der Waals surface area contributed by atoms with Crippen LogP contribution in [0.2, 0.25) is 5.15 Å². The average Bonchev–Trinajstić information content (AvgIpc) is 2.10. The van der Waals surface area contributed by atoms with E-state index < -0.39 is 11.6 Å². The van der Waals surface area contributed by atoms with Gasteiger partial charge in [-0.25, -0.2) is 13.8 Å². The molecule has 0 saturated heterocycles. The largest absolute Gasteiger partial charge is 0.241 e. The zero-order valence-electron chi connectivity index (χ0n) is 6.69. The van der Waals surface area contributed by atoms with Crippen LogP contribution in [0.15, 0.2) is 22.8 Å². The first-order chi connectivity index (χ1) is 6.59. The minimum atomic E-state index is -0.593. The molecule has 1 nitrogen and oxygen atoms in total. The van der Waals surface area contributed by atoms with Crippen molar-refractivity contribution >= 4 is 38.3 Å². The summed E-state index contributed by atoms with van der Waals surface area (Å²) in [6.07, 6.45) is 0.969. The Morgan fingerprint density at radius 2 is 1.93 bits per heavy atom. The molecular weight excluding hydrogens is 275 g/mol. The summed E-state index contributed by atoms with van der Waals surface area (Å²) in [4.78, 5) is 3.53. The molecule has 0 N–H and O–H groups in total. The van der Waals surface area contributed by atoms with Gasteiger partial charge in [0.15, 0.2) is 0 Å². The van der Waals surface area contributed by atoms with E-state index in [1.54, 1.807) is 0 Å². The highest BCUT2D eigenvalue weighted by atomic mass is 79.9. The van der Waals surface area contributed by atoms with Crippen molar-refractivity contribution in [1.82, 2.24) is 4.98 Å². The lowest BCUT2D eigenvalue weighted by Crippen LogP contribution is -1.88. The zero-order chi connectivity index (χ0) is 10.3. The maximum atomic E-state index is 13.4. The number of nitrogens with zero attached hydrogens (tertiary/aromatic N) is 1. The van der Waals surface area contributed by atoms with Crippen LogP contribution < -0.4 is 0 Å². The molecule has 0 aliphatic heterocycles. The highest BCUT2D eigenvalue weighted by Gasteiger charge is 2.11. The molecule has 1 aromatic heterocycles. The quantitative estimate of drug-likeness (QED) is 0.665. The monoisotopic (exact) mass is 277 g/mol. The summed E-state index contributed by atoms with van der Waals surface area (Å²) >= 11 is 8.73. The summed E-state index contributed by atoms with van der Waals surface area (Å²) < 4.78 is 27.0. The van der Waals surface area contributed by atoms with E-state index in [4.69, 9.17) is 11.6 Å². The van der Waals surface area contributed by atoms with Crippen molar-refractivity contribution in [2.75, 3.05) is 0 Å². The van der Waals surface area contributed by atoms with Gasteiger partial charge >= 0.3 is 0 Å². The molecule has 2 aromatic rings. The summed E-state index contributed by atoms with van der Waals surface area (Å²) in [6, 6.07) is 2.68. The van der Waals surface area contributed by atoms with E-state index in [1.807, 2.05) is 0 Å². The smallest absolute Gasteiger partial charge is 0.149 e. The van der Waals surface area contributed by atoms with Crippen molar-refractivity contribution in [3.8, 4) is 0 Å². The molecule has 1 heterocycles. The third-order valence-corrected chi connectivity index (χ3v) is 2.55. The van der Waals surface area contributed by atoms with Gasteiger partial charge in [0.2, 0.25) is 0 Å². The third-order valence-electron chi connectivity index (χ3n) is 1.81. The molecule has 0 aliphatic carbocycles. The fourth-order valence-electron chi connectivity index (χ4n) is 1.22. The van der Waals surface area contributed by atoms with Crippen LogP contribution in [0.25, 0.3) is 10.8 Å². The molecule has 0 unspecified atom stereocenters. The average molecular weight is 278 g/mol. The number of rotatable bonds is 0. The maximum absolute atomic E-state index is 13.4. The molecule has 1 aromatic carbocycles.